The zero-order valence-electron chi connectivity index (χ0n) is 25.4. The molecule has 12 rings (SSSR count). The lowest BCUT2D eigenvalue weighted by Crippen LogP contribution is -2.76. The molecule has 1 atom stereocenters. The number of aromatic nitrogens is 3. The number of hydrogen-bond acceptors (Lipinski definition) is 2. The van der Waals surface area contributed by atoms with Gasteiger partial charge in [0.2, 0.25) is 0 Å². The van der Waals surface area contributed by atoms with Gasteiger partial charge in [-0.05, 0) is 73.5 Å². The van der Waals surface area contributed by atoms with Crippen molar-refractivity contribution in [1.82, 2.24) is 4.57 Å². The van der Waals surface area contributed by atoms with Crippen LogP contribution < -0.4 is 18.8 Å². The van der Waals surface area contributed by atoms with Gasteiger partial charge in [-0.3, -0.25) is 0 Å². The summed E-state index contributed by atoms with van der Waals surface area (Å²) in [6, 6.07) is 36.2. The largest absolute Gasteiger partial charge is 0.456 e. The van der Waals surface area contributed by atoms with E-state index >= 15 is 0 Å². The van der Waals surface area contributed by atoms with Gasteiger partial charge in [-0.2, -0.15) is 18.6 Å². The van der Waals surface area contributed by atoms with E-state index in [9.17, 15) is 0 Å². The number of benzene rings is 4. The Morgan fingerprint density at radius 1 is 0.689 bits per heavy atom. The Hall–Kier alpha value is -5.42. The fraction of sp³-hybridized carbons (Fsp3) is 0.150. The van der Waals surface area contributed by atoms with Crippen LogP contribution in [0.4, 0.5) is 17.2 Å². The number of anilines is 3. The van der Waals surface area contributed by atoms with Crippen LogP contribution in [0.1, 0.15) is 47.2 Å². The van der Waals surface area contributed by atoms with E-state index < -0.39 is 5.66 Å². The van der Waals surface area contributed by atoms with Crippen LogP contribution in [-0.2, 0) is 11.1 Å². The summed E-state index contributed by atoms with van der Waals surface area (Å²) in [5.74, 6) is 3.05. The van der Waals surface area contributed by atoms with Gasteiger partial charge in [-0.25, -0.2) is 0 Å². The molecule has 7 aromatic rings. The number of hydrogen-bond donors (Lipinski definition) is 0. The zero-order chi connectivity index (χ0) is 29.7. The van der Waals surface area contributed by atoms with Crippen molar-refractivity contribution in [3.8, 4) is 28.6 Å². The zero-order valence-corrected chi connectivity index (χ0v) is 25.4. The fourth-order valence-electron chi connectivity index (χ4n) is 9.81. The second-order valence-electron chi connectivity index (χ2n) is 13.9. The molecule has 0 saturated carbocycles. The van der Waals surface area contributed by atoms with Gasteiger partial charge < -0.3 is 4.74 Å². The third-order valence-electron chi connectivity index (χ3n) is 11.4. The molecule has 1 spiro atoms. The molecule has 4 aromatic carbocycles. The topological polar surface area (TPSA) is 25.2 Å². The summed E-state index contributed by atoms with van der Waals surface area (Å²) in [4.78, 5) is 2.54. The summed E-state index contributed by atoms with van der Waals surface area (Å²) in [5, 5.41) is 2.60. The molecule has 0 saturated heterocycles. The molecule has 0 bridgehead atoms. The quantitative estimate of drug-likeness (QED) is 0.169. The van der Waals surface area contributed by atoms with E-state index in [-0.39, 0.29) is 5.41 Å². The first kappa shape index (κ1) is 23.0. The first-order valence-corrected chi connectivity index (χ1v) is 15.9. The van der Waals surface area contributed by atoms with Gasteiger partial charge in [0, 0.05) is 28.0 Å². The van der Waals surface area contributed by atoms with Gasteiger partial charge in [-0.1, -0.05) is 56.3 Å². The summed E-state index contributed by atoms with van der Waals surface area (Å²) >= 11 is 0. The van der Waals surface area contributed by atoms with Crippen LogP contribution >= 0.6 is 0 Å². The number of pyridine rings is 2. The lowest BCUT2D eigenvalue weighted by atomic mass is 9.70. The molecule has 212 valence electrons. The molecule has 5 nitrogen and oxygen atoms in total. The Kier molecular flexibility index (Phi) is 3.47. The van der Waals surface area contributed by atoms with E-state index in [1.54, 1.807) is 0 Å². The smallest absolute Gasteiger partial charge is 0.323 e. The molecule has 0 fully saturated rings. The minimum absolute atomic E-state index is 0.193. The molecular weight excluding hydrogens is 552 g/mol. The predicted molar refractivity (Wildman–Crippen MR) is 175 cm³/mol. The van der Waals surface area contributed by atoms with E-state index in [1.165, 1.54) is 89.6 Å². The predicted octanol–water partition coefficient (Wildman–Crippen LogP) is 8.10. The molecule has 0 N–H and O–H groups in total. The highest BCUT2D eigenvalue weighted by Gasteiger charge is 2.71. The van der Waals surface area contributed by atoms with Crippen molar-refractivity contribution in [2.75, 3.05) is 4.90 Å². The third kappa shape index (κ3) is 2.13. The number of fused-ring (bicyclic) bond motifs is 8. The summed E-state index contributed by atoms with van der Waals surface area (Å²) < 4.78 is 14.8. The minimum atomic E-state index is -0.645. The maximum Gasteiger partial charge on any atom is 0.323 e. The Morgan fingerprint density at radius 3 is 2.38 bits per heavy atom. The van der Waals surface area contributed by atoms with E-state index in [0.717, 1.165) is 11.5 Å². The molecule has 5 aliphatic heterocycles. The normalized spacial score (nSPS) is 19.1. The lowest BCUT2D eigenvalue weighted by Gasteiger charge is -2.46. The first-order chi connectivity index (χ1) is 21.9. The summed E-state index contributed by atoms with van der Waals surface area (Å²) in [6.07, 6.45) is 0. The molecule has 5 aliphatic rings. The second kappa shape index (κ2) is 6.79. The molecular formula is C40H28N4O+2. The molecule has 3 aromatic heterocycles. The Bertz CT molecular complexity index is 2640. The van der Waals surface area contributed by atoms with Crippen molar-refractivity contribution in [2.45, 2.75) is 38.8 Å². The van der Waals surface area contributed by atoms with Gasteiger partial charge in [0.15, 0.2) is 17.1 Å². The second-order valence-corrected chi connectivity index (χ2v) is 13.9. The van der Waals surface area contributed by atoms with Gasteiger partial charge in [0.05, 0.1) is 5.39 Å². The first-order valence-electron chi connectivity index (χ1n) is 15.9. The highest BCUT2D eigenvalue weighted by Crippen LogP contribution is 2.64. The van der Waals surface area contributed by atoms with E-state index in [0.29, 0.717) is 0 Å². The molecule has 1 unspecified atom stereocenters. The van der Waals surface area contributed by atoms with Crippen LogP contribution in [-0.4, -0.2) is 4.57 Å². The summed E-state index contributed by atoms with van der Waals surface area (Å²) in [5.41, 5.74) is 15.5. The van der Waals surface area contributed by atoms with Gasteiger partial charge >= 0.3 is 5.66 Å². The fourth-order valence-corrected chi connectivity index (χ4v) is 9.81. The summed E-state index contributed by atoms with van der Waals surface area (Å²) in [7, 11) is 0. The number of ether oxygens (including phenoxy) is 1. The van der Waals surface area contributed by atoms with Crippen LogP contribution in [0.2, 0.25) is 0 Å². The van der Waals surface area contributed by atoms with Crippen LogP contribution in [0.5, 0.6) is 11.5 Å². The average molecular weight is 581 g/mol. The van der Waals surface area contributed by atoms with E-state index in [1.807, 2.05) is 0 Å². The van der Waals surface area contributed by atoms with E-state index in [4.69, 9.17) is 4.74 Å². The Morgan fingerprint density at radius 2 is 1.47 bits per heavy atom. The van der Waals surface area contributed by atoms with Crippen molar-refractivity contribution in [2.24, 2.45) is 0 Å². The van der Waals surface area contributed by atoms with Crippen LogP contribution in [0.3, 0.4) is 0 Å². The molecule has 0 radical (unpaired) electrons. The molecule has 45 heavy (non-hydrogen) atoms. The molecule has 0 amide bonds. The SMILES string of the molecule is Cc1cc2[n+]3c(c1)N1c4ccccc4C(C)(C)c4ccc5c(c41)C31c3c(cccc3-n3c4ccccc4c4c(C)cc-2[n+]1c43)O5. The third-order valence-corrected chi connectivity index (χ3v) is 11.4. The minimum Gasteiger partial charge on any atom is -0.456 e. The maximum atomic E-state index is 7.01. The number of para-hydroxylation sites is 2. The number of rotatable bonds is 0. The van der Waals surface area contributed by atoms with Gasteiger partial charge in [0.25, 0.3) is 11.5 Å². The highest BCUT2D eigenvalue weighted by molar-refractivity contribution is 6.09. The lowest BCUT2D eigenvalue weighted by molar-refractivity contribution is -0.925. The molecule has 8 heterocycles. The number of aryl methyl sites for hydroxylation is 2. The van der Waals surface area contributed by atoms with E-state index in [2.05, 4.69) is 143 Å². The monoisotopic (exact) mass is 580 g/mol. The maximum absolute atomic E-state index is 7.01. The van der Waals surface area contributed by atoms with Crippen LogP contribution in [0.25, 0.3) is 39.0 Å². The van der Waals surface area contributed by atoms with Gasteiger partial charge in [-0.15, -0.1) is 0 Å². The van der Waals surface area contributed by atoms with Crippen molar-refractivity contribution in [3.63, 3.8) is 0 Å². The standard InChI is InChI=1S/C40H28N4O/c1-21-18-29-30-20-22(2)34-23-10-5-7-12-26(23)41-28-14-9-15-31-35(28)40(44(30)38(34)41)36-32(45-31)17-16-25-37(36)42(33(19-21)43(29)40)27-13-8-6-11-24(27)39(25,3)4/h5-20H,1-4H3/q+2. The van der Waals surface area contributed by atoms with Crippen LogP contribution in [0.15, 0.2) is 97.1 Å². The Labute approximate surface area is 259 Å². The van der Waals surface area contributed by atoms with Crippen LogP contribution in [0, 0.1) is 13.8 Å². The number of nitrogens with zero attached hydrogens (tertiary/aromatic N) is 4. The van der Waals surface area contributed by atoms with Crippen molar-refractivity contribution >= 4 is 39.1 Å². The van der Waals surface area contributed by atoms with Crippen molar-refractivity contribution in [3.05, 3.63) is 130 Å². The van der Waals surface area contributed by atoms with Crippen molar-refractivity contribution in [1.29, 1.82) is 0 Å². The highest BCUT2D eigenvalue weighted by atomic mass is 16.5. The van der Waals surface area contributed by atoms with Gasteiger partial charge in [0.1, 0.15) is 39.5 Å². The average Bonchev–Trinajstić information content (AvgIpc) is 3.53. The van der Waals surface area contributed by atoms with Crippen molar-refractivity contribution < 1.29 is 13.9 Å². The molecule has 5 heteroatoms. The Balaban J connectivity index is 1.42. The molecule has 0 aliphatic carbocycles. The summed E-state index contributed by atoms with van der Waals surface area (Å²) in [6.45, 7) is 9.28.